The first-order valence-electron chi connectivity index (χ1n) is 7.60. The molecule has 0 fully saturated rings. The number of carbonyl (C=O) groups excluding carboxylic acids is 2. The normalized spacial score (nSPS) is 10.4. The van der Waals surface area contributed by atoms with Crippen molar-refractivity contribution in [2.45, 2.75) is 13.5 Å². The molecule has 4 nitrogen and oxygen atoms in total. The van der Waals surface area contributed by atoms with E-state index in [1.165, 1.54) is 13.0 Å². The lowest BCUT2D eigenvalue weighted by Gasteiger charge is -2.22. The molecule has 2 amide bonds. The van der Waals surface area contributed by atoms with Crippen molar-refractivity contribution in [1.29, 1.82) is 0 Å². The quantitative estimate of drug-likeness (QED) is 0.781. The van der Waals surface area contributed by atoms with Gasteiger partial charge in [-0.25, -0.2) is 0 Å². The molecule has 0 spiro atoms. The third-order valence-electron chi connectivity index (χ3n) is 3.61. The van der Waals surface area contributed by atoms with Gasteiger partial charge in [-0.05, 0) is 29.8 Å². The lowest BCUT2D eigenvalue weighted by molar-refractivity contribution is -0.129. The van der Waals surface area contributed by atoms with Crippen molar-refractivity contribution in [2.75, 3.05) is 13.1 Å². The summed E-state index contributed by atoms with van der Waals surface area (Å²) in [6.07, 6.45) is 0. The summed E-state index contributed by atoms with van der Waals surface area (Å²) >= 11 is 17.9. The van der Waals surface area contributed by atoms with E-state index in [0.29, 0.717) is 40.3 Å². The van der Waals surface area contributed by atoms with Crippen LogP contribution >= 0.6 is 34.8 Å². The zero-order valence-corrected chi connectivity index (χ0v) is 15.8. The molecule has 132 valence electrons. The van der Waals surface area contributed by atoms with Crippen molar-refractivity contribution in [2.24, 2.45) is 0 Å². The fourth-order valence-corrected chi connectivity index (χ4v) is 2.72. The second-order valence-corrected chi connectivity index (χ2v) is 6.64. The second-order valence-electron chi connectivity index (χ2n) is 5.42. The van der Waals surface area contributed by atoms with E-state index in [-0.39, 0.29) is 11.8 Å². The number of nitrogens with zero attached hydrogens (tertiary/aromatic N) is 1. The molecular weight excluding hydrogens is 383 g/mol. The SMILES string of the molecule is CC(=O)N(CCNC(=O)c1ccc(Cl)c(Cl)c1)Cc1ccccc1Cl. The molecule has 7 heteroatoms. The van der Waals surface area contributed by atoms with Gasteiger partial charge >= 0.3 is 0 Å². The molecular formula is C18H17Cl3N2O2. The molecule has 0 aliphatic carbocycles. The van der Waals surface area contributed by atoms with Gasteiger partial charge in [-0.15, -0.1) is 0 Å². The summed E-state index contributed by atoms with van der Waals surface area (Å²) in [4.78, 5) is 25.6. The van der Waals surface area contributed by atoms with Gasteiger partial charge in [0.2, 0.25) is 5.91 Å². The highest BCUT2D eigenvalue weighted by atomic mass is 35.5. The molecule has 0 radical (unpaired) electrons. The number of carbonyl (C=O) groups is 2. The lowest BCUT2D eigenvalue weighted by atomic mass is 10.2. The van der Waals surface area contributed by atoms with Crippen molar-refractivity contribution in [1.82, 2.24) is 10.2 Å². The summed E-state index contributed by atoms with van der Waals surface area (Å²) in [7, 11) is 0. The minimum atomic E-state index is -0.278. The zero-order valence-electron chi connectivity index (χ0n) is 13.6. The van der Waals surface area contributed by atoms with Gasteiger partial charge < -0.3 is 10.2 Å². The Morgan fingerprint density at radius 1 is 1.00 bits per heavy atom. The van der Waals surface area contributed by atoms with Crippen molar-refractivity contribution >= 4 is 46.6 Å². The summed E-state index contributed by atoms with van der Waals surface area (Å²) in [6, 6.07) is 12.0. The van der Waals surface area contributed by atoms with Gasteiger partial charge in [-0.3, -0.25) is 9.59 Å². The summed E-state index contributed by atoms with van der Waals surface area (Å²) in [5, 5.41) is 4.08. The smallest absolute Gasteiger partial charge is 0.251 e. The predicted molar refractivity (Wildman–Crippen MR) is 101 cm³/mol. The Morgan fingerprint density at radius 2 is 1.72 bits per heavy atom. The maximum absolute atomic E-state index is 12.1. The average molecular weight is 400 g/mol. The molecule has 0 saturated carbocycles. The van der Waals surface area contributed by atoms with Crippen LogP contribution in [0.15, 0.2) is 42.5 Å². The fourth-order valence-electron chi connectivity index (χ4n) is 2.22. The first kappa shape index (κ1) is 19.6. The summed E-state index contributed by atoms with van der Waals surface area (Å²) < 4.78 is 0. The van der Waals surface area contributed by atoms with Gasteiger partial charge in [-0.1, -0.05) is 53.0 Å². The van der Waals surface area contributed by atoms with Crippen LogP contribution in [0.3, 0.4) is 0 Å². The van der Waals surface area contributed by atoms with Crippen molar-refractivity contribution in [3.05, 3.63) is 68.7 Å². The minimum absolute atomic E-state index is 0.0938. The van der Waals surface area contributed by atoms with Gasteiger partial charge in [0.05, 0.1) is 10.0 Å². The number of amides is 2. The number of hydrogen-bond donors (Lipinski definition) is 1. The Hall–Kier alpha value is -1.75. The van der Waals surface area contributed by atoms with Gasteiger partial charge in [0.25, 0.3) is 5.91 Å². The number of nitrogens with one attached hydrogen (secondary N) is 1. The van der Waals surface area contributed by atoms with Gasteiger partial charge in [0.15, 0.2) is 0 Å². The fraction of sp³-hybridized carbons (Fsp3) is 0.222. The molecule has 0 atom stereocenters. The summed E-state index contributed by atoms with van der Waals surface area (Å²) in [5.41, 5.74) is 1.27. The van der Waals surface area contributed by atoms with Crippen LogP contribution in [0.2, 0.25) is 15.1 Å². The summed E-state index contributed by atoms with van der Waals surface area (Å²) in [5.74, 6) is -0.372. The van der Waals surface area contributed by atoms with E-state index in [4.69, 9.17) is 34.8 Å². The topological polar surface area (TPSA) is 49.4 Å². The van der Waals surface area contributed by atoms with E-state index >= 15 is 0 Å². The molecule has 0 aliphatic rings. The Balaban J connectivity index is 1.93. The van der Waals surface area contributed by atoms with E-state index < -0.39 is 0 Å². The van der Waals surface area contributed by atoms with Crippen molar-refractivity contribution < 1.29 is 9.59 Å². The molecule has 0 aromatic heterocycles. The lowest BCUT2D eigenvalue weighted by Crippen LogP contribution is -2.37. The largest absolute Gasteiger partial charge is 0.350 e. The molecule has 0 unspecified atom stereocenters. The van der Waals surface area contributed by atoms with Gasteiger partial charge in [-0.2, -0.15) is 0 Å². The molecule has 0 saturated heterocycles. The third-order valence-corrected chi connectivity index (χ3v) is 4.72. The average Bonchev–Trinajstić information content (AvgIpc) is 2.57. The van der Waals surface area contributed by atoms with Crippen LogP contribution in [0, 0.1) is 0 Å². The molecule has 1 N–H and O–H groups in total. The van der Waals surface area contributed by atoms with Crippen LogP contribution in [0.1, 0.15) is 22.8 Å². The second kappa shape index (κ2) is 9.09. The number of benzene rings is 2. The Morgan fingerprint density at radius 3 is 2.36 bits per heavy atom. The highest BCUT2D eigenvalue weighted by molar-refractivity contribution is 6.42. The highest BCUT2D eigenvalue weighted by Crippen LogP contribution is 2.22. The molecule has 0 bridgehead atoms. The first-order chi connectivity index (χ1) is 11.9. The first-order valence-corrected chi connectivity index (χ1v) is 8.74. The summed E-state index contributed by atoms with van der Waals surface area (Å²) in [6.45, 7) is 2.55. The number of hydrogen-bond acceptors (Lipinski definition) is 2. The molecule has 0 aliphatic heterocycles. The number of rotatable bonds is 6. The van der Waals surface area contributed by atoms with E-state index in [1.807, 2.05) is 18.2 Å². The van der Waals surface area contributed by atoms with E-state index in [9.17, 15) is 9.59 Å². The number of halogens is 3. The maximum atomic E-state index is 12.1. The molecule has 0 heterocycles. The molecule has 2 rings (SSSR count). The van der Waals surface area contributed by atoms with E-state index in [1.54, 1.807) is 23.1 Å². The third kappa shape index (κ3) is 5.63. The molecule has 2 aromatic carbocycles. The molecule has 25 heavy (non-hydrogen) atoms. The Bertz CT molecular complexity index is 781. The van der Waals surface area contributed by atoms with Crippen LogP contribution in [-0.2, 0) is 11.3 Å². The van der Waals surface area contributed by atoms with Gasteiger partial charge in [0.1, 0.15) is 0 Å². The maximum Gasteiger partial charge on any atom is 0.251 e. The van der Waals surface area contributed by atoms with Crippen LogP contribution < -0.4 is 5.32 Å². The van der Waals surface area contributed by atoms with E-state index in [0.717, 1.165) is 5.56 Å². The van der Waals surface area contributed by atoms with Gasteiger partial charge in [0, 0.05) is 37.1 Å². The highest BCUT2D eigenvalue weighted by Gasteiger charge is 2.13. The van der Waals surface area contributed by atoms with Crippen LogP contribution in [0.5, 0.6) is 0 Å². The standard InChI is InChI=1S/C18H17Cl3N2O2/c1-12(24)23(11-14-4-2-3-5-15(14)19)9-8-22-18(25)13-6-7-16(20)17(21)10-13/h2-7,10H,8-9,11H2,1H3,(H,22,25). The molecule has 2 aromatic rings. The Kier molecular flexibility index (Phi) is 7.12. The Labute approximate surface area is 161 Å². The predicted octanol–water partition coefficient (Wildman–Crippen LogP) is 4.43. The minimum Gasteiger partial charge on any atom is -0.350 e. The van der Waals surface area contributed by atoms with Crippen LogP contribution in [-0.4, -0.2) is 29.8 Å². The zero-order chi connectivity index (χ0) is 18.4. The van der Waals surface area contributed by atoms with E-state index in [2.05, 4.69) is 5.32 Å². The monoisotopic (exact) mass is 398 g/mol. The van der Waals surface area contributed by atoms with Crippen molar-refractivity contribution in [3.8, 4) is 0 Å². The van der Waals surface area contributed by atoms with Crippen LogP contribution in [0.4, 0.5) is 0 Å². The van der Waals surface area contributed by atoms with Crippen LogP contribution in [0.25, 0.3) is 0 Å². The van der Waals surface area contributed by atoms with Crippen molar-refractivity contribution in [3.63, 3.8) is 0 Å².